The molecule has 0 aromatic heterocycles. The minimum atomic E-state index is -4.57. The molecule has 7 heteroatoms. The van der Waals surface area contributed by atoms with Gasteiger partial charge in [-0.1, -0.05) is 17.7 Å². The Kier molecular flexibility index (Phi) is 5.05. The van der Waals surface area contributed by atoms with E-state index in [-0.39, 0.29) is 5.02 Å². The van der Waals surface area contributed by atoms with Crippen LogP contribution in [0.4, 0.5) is 23.7 Å². The molecule has 2 amide bonds. The third-order valence-corrected chi connectivity index (χ3v) is 2.92. The van der Waals surface area contributed by atoms with Crippen LogP contribution < -0.4 is 5.32 Å². The van der Waals surface area contributed by atoms with Crippen LogP contribution in [-0.2, 0) is 6.18 Å². The molecule has 0 fully saturated rings. The Morgan fingerprint density at radius 1 is 1.32 bits per heavy atom. The smallest absolute Gasteiger partial charge is 0.325 e. The van der Waals surface area contributed by atoms with Crippen molar-refractivity contribution in [3.8, 4) is 0 Å². The number of rotatable bonds is 3. The number of benzene rings is 1. The number of anilines is 1. The molecular formula is C12H14ClF3N2O. The summed E-state index contributed by atoms with van der Waals surface area (Å²) in [4.78, 5) is 13.2. The van der Waals surface area contributed by atoms with Crippen LogP contribution in [0, 0.1) is 0 Å². The van der Waals surface area contributed by atoms with Crippen molar-refractivity contribution in [2.24, 2.45) is 0 Å². The van der Waals surface area contributed by atoms with E-state index in [2.05, 4.69) is 5.32 Å². The van der Waals surface area contributed by atoms with Gasteiger partial charge in [-0.2, -0.15) is 13.2 Å². The number of amides is 2. The van der Waals surface area contributed by atoms with Crippen LogP contribution in [0.25, 0.3) is 0 Å². The molecule has 0 unspecified atom stereocenters. The van der Waals surface area contributed by atoms with Crippen LogP contribution in [0.1, 0.15) is 19.4 Å². The number of para-hydroxylation sites is 1. The molecule has 0 aliphatic rings. The standard InChI is InChI=1S/C12H14ClF3N2O/c1-3-18(4-2)11(19)17-10-8(12(14,15)16)6-5-7-9(10)13/h5-7H,3-4H2,1-2H3,(H,17,19). The van der Waals surface area contributed by atoms with Gasteiger partial charge in [-0.25, -0.2) is 4.79 Å². The molecule has 0 heterocycles. The molecule has 0 bridgehead atoms. The lowest BCUT2D eigenvalue weighted by atomic mass is 10.1. The number of urea groups is 1. The number of nitrogens with one attached hydrogen (secondary N) is 1. The van der Waals surface area contributed by atoms with Crippen molar-refractivity contribution < 1.29 is 18.0 Å². The highest BCUT2D eigenvalue weighted by Crippen LogP contribution is 2.38. The summed E-state index contributed by atoms with van der Waals surface area (Å²) in [7, 11) is 0. The second-order valence-corrected chi connectivity index (χ2v) is 4.17. The number of halogens is 4. The third kappa shape index (κ3) is 3.76. The van der Waals surface area contributed by atoms with E-state index in [9.17, 15) is 18.0 Å². The van der Waals surface area contributed by atoms with Gasteiger partial charge in [0.05, 0.1) is 16.3 Å². The first kappa shape index (κ1) is 15.6. The summed E-state index contributed by atoms with van der Waals surface area (Å²) >= 11 is 5.74. The highest BCUT2D eigenvalue weighted by Gasteiger charge is 2.35. The van der Waals surface area contributed by atoms with Gasteiger partial charge in [0.15, 0.2) is 0 Å². The summed E-state index contributed by atoms with van der Waals surface area (Å²) < 4.78 is 38.5. The summed E-state index contributed by atoms with van der Waals surface area (Å²) in [5.41, 5.74) is -1.37. The lowest BCUT2D eigenvalue weighted by Crippen LogP contribution is -2.35. The van der Waals surface area contributed by atoms with Crippen LogP contribution in [0.3, 0.4) is 0 Å². The summed E-state index contributed by atoms with van der Waals surface area (Å²) in [6, 6.07) is 2.76. The van der Waals surface area contributed by atoms with Gasteiger partial charge in [0.2, 0.25) is 0 Å². The number of nitrogens with zero attached hydrogens (tertiary/aromatic N) is 1. The Bertz CT molecular complexity index is 459. The molecule has 0 spiro atoms. The zero-order valence-corrected chi connectivity index (χ0v) is 11.3. The fraction of sp³-hybridized carbons (Fsp3) is 0.417. The molecule has 19 heavy (non-hydrogen) atoms. The van der Waals surface area contributed by atoms with E-state index < -0.39 is 23.5 Å². The summed E-state index contributed by atoms with van der Waals surface area (Å²) in [5.74, 6) is 0. The fourth-order valence-corrected chi connectivity index (χ4v) is 1.81. The van der Waals surface area contributed by atoms with Crippen molar-refractivity contribution in [2.45, 2.75) is 20.0 Å². The van der Waals surface area contributed by atoms with Crippen LogP contribution >= 0.6 is 11.6 Å². The SMILES string of the molecule is CCN(CC)C(=O)Nc1c(Cl)cccc1C(F)(F)F. The predicted octanol–water partition coefficient (Wildman–Crippen LogP) is 4.23. The van der Waals surface area contributed by atoms with Crippen LogP contribution in [0.15, 0.2) is 18.2 Å². The quantitative estimate of drug-likeness (QED) is 0.889. The summed E-state index contributed by atoms with van der Waals surface area (Å²) in [6.07, 6.45) is -4.57. The van der Waals surface area contributed by atoms with Crippen LogP contribution in [0.5, 0.6) is 0 Å². The Labute approximate surface area is 114 Å². The average molecular weight is 295 g/mol. The number of hydrogen-bond donors (Lipinski definition) is 1. The van der Waals surface area contributed by atoms with E-state index in [1.54, 1.807) is 13.8 Å². The fourth-order valence-electron chi connectivity index (χ4n) is 1.58. The first-order valence-corrected chi connectivity index (χ1v) is 6.10. The lowest BCUT2D eigenvalue weighted by Gasteiger charge is -2.21. The molecule has 1 aromatic carbocycles. The van der Waals surface area contributed by atoms with Gasteiger partial charge in [0.25, 0.3) is 0 Å². The monoisotopic (exact) mass is 294 g/mol. The van der Waals surface area contributed by atoms with E-state index in [1.165, 1.54) is 17.0 Å². The van der Waals surface area contributed by atoms with Gasteiger partial charge in [-0.05, 0) is 26.0 Å². The molecule has 0 atom stereocenters. The number of alkyl halides is 3. The van der Waals surface area contributed by atoms with Gasteiger partial charge in [0, 0.05) is 13.1 Å². The van der Waals surface area contributed by atoms with Gasteiger partial charge in [0.1, 0.15) is 0 Å². The van der Waals surface area contributed by atoms with Gasteiger partial charge < -0.3 is 10.2 Å². The normalized spacial score (nSPS) is 11.3. The Hall–Kier alpha value is -1.43. The molecule has 0 radical (unpaired) electrons. The summed E-state index contributed by atoms with van der Waals surface area (Å²) in [5, 5.41) is 2.08. The van der Waals surface area contributed by atoms with Crippen LogP contribution in [-0.4, -0.2) is 24.0 Å². The zero-order chi connectivity index (χ0) is 14.6. The largest absolute Gasteiger partial charge is 0.418 e. The Morgan fingerprint density at radius 2 is 1.89 bits per heavy atom. The first-order valence-electron chi connectivity index (χ1n) is 5.72. The molecule has 106 valence electrons. The molecule has 0 aliphatic carbocycles. The zero-order valence-electron chi connectivity index (χ0n) is 10.5. The second-order valence-electron chi connectivity index (χ2n) is 3.76. The maximum atomic E-state index is 12.8. The minimum absolute atomic E-state index is 0.143. The van der Waals surface area contributed by atoms with E-state index >= 15 is 0 Å². The number of carbonyl (C=O) groups excluding carboxylic acids is 1. The molecule has 3 nitrogen and oxygen atoms in total. The van der Waals surface area contributed by atoms with Gasteiger partial charge >= 0.3 is 12.2 Å². The molecule has 0 saturated carbocycles. The van der Waals surface area contributed by atoms with Crippen molar-refractivity contribution in [1.29, 1.82) is 0 Å². The second kappa shape index (κ2) is 6.14. The van der Waals surface area contributed by atoms with Crippen molar-refractivity contribution in [3.05, 3.63) is 28.8 Å². The lowest BCUT2D eigenvalue weighted by molar-refractivity contribution is -0.136. The predicted molar refractivity (Wildman–Crippen MR) is 68.4 cm³/mol. The molecule has 1 rings (SSSR count). The molecular weight excluding hydrogens is 281 g/mol. The van der Waals surface area contributed by atoms with E-state index in [0.717, 1.165) is 6.07 Å². The topological polar surface area (TPSA) is 32.3 Å². The Morgan fingerprint density at radius 3 is 2.37 bits per heavy atom. The van der Waals surface area contributed by atoms with E-state index in [1.807, 2.05) is 0 Å². The van der Waals surface area contributed by atoms with Gasteiger partial charge in [-0.15, -0.1) is 0 Å². The van der Waals surface area contributed by atoms with E-state index in [0.29, 0.717) is 13.1 Å². The number of carbonyl (C=O) groups is 1. The maximum absolute atomic E-state index is 12.8. The van der Waals surface area contributed by atoms with Crippen molar-refractivity contribution in [3.63, 3.8) is 0 Å². The molecule has 0 aliphatic heterocycles. The summed E-state index contributed by atoms with van der Waals surface area (Å²) in [6.45, 7) is 4.27. The van der Waals surface area contributed by atoms with Crippen molar-refractivity contribution >= 4 is 23.3 Å². The average Bonchev–Trinajstić information content (AvgIpc) is 2.32. The number of hydrogen-bond acceptors (Lipinski definition) is 1. The highest BCUT2D eigenvalue weighted by atomic mass is 35.5. The maximum Gasteiger partial charge on any atom is 0.418 e. The Balaban J connectivity index is 3.10. The molecule has 0 saturated heterocycles. The highest BCUT2D eigenvalue weighted by molar-refractivity contribution is 6.33. The third-order valence-electron chi connectivity index (χ3n) is 2.60. The molecule has 1 N–H and O–H groups in total. The first-order chi connectivity index (χ1) is 8.81. The van der Waals surface area contributed by atoms with Crippen molar-refractivity contribution in [1.82, 2.24) is 4.90 Å². The van der Waals surface area contributed by atoms with Crippen molar-refractivity contribution in [2.75, 3.05) is 18.4 Å². The van der Waals surface area contributed by atoms with E-state index in [4.69, 9.17) is 11.6 Å². The van der Waals surface area contributed by atoms with Gasteiger partial charge in [-0.3, -0.25) is 0 Å². The van der Waals surface area contributed by atoms with Crippen LogP contribution in [0.2, 0.25) is 5.02 Å². The minimum Gasteiger partial charge on any atom is -0.325 e. The molecule has 1 aromatic rings.